The Kier molecular flexibility index (Phi) is 5.72. The van der Waals surface area contributed by atoms with Crippen LogP contribution in [-0.2, 0) is 4.74 Å². The third-order valence-electron chi connectivity index (χ3n) is 3.15. The van der Waals surface area contributed by atoms with Crippen LogP contribution in [0.15, 0.2) is 17.4 Å². The molecule has 1 amide bonds. The van der Waals surface area contributed by atoms with Crippen LogP contribution in [-0.4, -0.2) is 46.0 Å². The van der Waals surface area contributed by atoms with Crippen molar-refractivity contribution in [1.82, 2.24) is 15.0 Å². The molecule has 0 bridgehead atoms. The molecular weight excluding hydrogens is 338 g/mol. The molecule has 7 nitrogen and oxygen atoms in total. The van der Waals surface area contributed by atoms with Crippen LogP contribution in [0.25, 0.3) is 10.9 Å². The van der Waals surface area contributed by atoms with Crippen LogP contribution in [0.1, 0.15) is 34.6 Å². The molecule has 2 aromatic rings. The van der Waals surface area contributed by atoms with Gasteiger partial charge in [0, 0.05) is 24.7 Å². The van der Waals surface area contributed by atoms with Crippen molar-refractivity contribution in [3.8, 4) is 0 Å². The summed E-state index contributed by atoms with van der Waals surface area (Å²) in [7, 11) is 1.64. The van der Waals surface area contributed by atoms with Crippen LogP contribution in [0.3, 0.4) is 0 Å². The maximum Gasteiger partial charge on any atom is 0.415 e. The third-order valence-corrected chi connectivity index (χ3v) is 3.71. The van der Waals surface area contributed by atoms with Crippen LogP contribution in [0.4, 0.5) is 16.4 Å². The molecule has 0 spiro atoms. The van der Waals surface area contributed by atoms with Gasteiger partial charge in [-0.3, -0.25) is 4.90 Å². The molecule has 0 unspecified atom stereocenters. The first kappa shape index (κ1) is 19.2. The second kappa shape index (κ2) is 7.43. The summed E-state index contributed by atoms with van der Waals surface area (Å²) in [5.74, 6) is 1.10. The molecule has 2 heterocycles. The lowest BCUT2D eigenvalue weighted by Crippen LogP contribution is -2.34. The Balaban J connectivity index is 2.49. The van der Waals surface area contributed by atoms with E-state index in [4.69, 9.17) is 4.74 Å². The lowest BCUT2D eigenvalue weighted by molar-refractivity contribution is 0.0588. The van der Waals surface area contributed by atoms with Gasteiger partial charge < -0.3 is 10.1 Å². The van der Waals surface area contributed by atoms with E-state index in [1.165, 1.54) is 16.7 Å². The molecule has 0 aliphatic rings. The molecule has 0 saturated heterocycles. The number of fused-ring (bicyclic) bond motifs is 1. The van der Waals surface area contributed by atoms with E-state index in [0.29, 0.717) is 16.8 Å². The SMILES string of the molecule is CSc1ncc2cc(N(C)C(=O)OC(C)(C)C)nc(NC(C)C)c2n1. The predicted octanol–water partition coefficient (Wildman–Crippen LogP) is 3.94. The van der Waals surface area contributed by atoms with Gasteiger partial charge in [-0.1, -0.05) is 11.8 Å². The highest BCUT2D eigenvalue weighted by atomic mass is 32.2. The normalized spacial score (nSPS) is 11.7. The average molecular weight is 363 g/mol. The second-order valence-electron chi connectivity index (χ2n) is 6.96. The van der Waals surface area contributed by atoms with Gasteiger partial charge in [0.2, 0.25) is 0 Å². The zero-order valence-electron chi connectivity index (χ0n) is 15.7. The van der Waals surface area contributed by atoms with Gasteiger partial charge in [0.1, 0.15) is 16.9 Å². The van der Waals surface area contributed by atoms with E-state index >= 15 is 0 Å². The summed E-state index contributed by atoms with van der Waals surface area (Å²) in [5, 5.41) is 4.77. The minimum absolute atomic E-state index is 0.172. The van der Waals surface area contributed by atoms with Crippen molar-refractivity contribution in [2.75, 3.05) is 23.5 Å². The van der Waals surface area contributed by atoms with Gasteiger partial charge in [0.05, 0.1) is 0 Å². The molecule has 1 N–H and O–H groups in total. The molecule has 136 valence electrons. The number of nitrogens with one attached hydrogen (secondary N) is 1. The minimum atomic E-state index is -0.572. The van der Waals surface area contributed by atoms with E-state index in [1.807, 2.05) is 40.9 Å². The maximum absolute atomic E-state index is 12.3. The van der Waals surface area contributed by atoms with Gasteiger partial charge in [-0.15, -0.1) is 0 Å². The number of hydrogen-bond acceptors (Lipinski definition) is 7. The number of thioether (sulfide) groups is 1. The van der Waals surface area contributed by atoms with Crippen molar-refractivity contribution in [1.29, 1.82) is 0 Å². The average Bonchev–Trinajstić information content (AvgIpc) is 2.51. The number of hydrogen-bond donors (Lipinski definition) is 1. The lowest BCUT2D eigenvalue weighted by Gasteiger charge is -2.24. The molecule has 25 heavy (non-hydrogen) atoms. The van der Waals surface area contributed by atoms with Crippen molar-refractivity contribution in [3.63, 3.8) is 0 Å². The standard InChI is InChI=1S/C17H25N5O2S/c1-10(2)19-14-13-11(9-18-15(21-13)25-7)8-12(20-14)22(6)16(23)24-17(3,4)5/h8-10H,1-7H3,(H,19,20). The summed E-state index contributed by atoms with van der Waals surface area (Å²) in [6, 6.07) is 1.96. The molecule has 0 aliphatic carbocycles. The molecule has 0 aliphatic heterocycles. The van der Waals surface area contributed by atoms with E-state index in [2.05, 4.69) is 20.3 Å². The Morgan fingerprint density at radius 1 is 1.32 bits per heavy atom. The van der Waals surface area contributed by atoms with Gasteiger partial charge in [-0.25, -0.2) is 19.7 Å². The summed E-state index contributed by atoms with van der Waals surface area (Å²) >= 11 is 1.47. The van der Waals surface area contributed by atoms with E-state index < -0.39 is 11.7 Å². The summed E-state index contributed by atoms with van der Waals surface area (Å²) in [6.07, 6.45) is 3.21. The van der Waals surface area contributed by atoms with Crippen LogP contribution in [0.5, 0.6) is 0 Å². The first-order valence-corrected chi connectivity index (χ1v) is 9.28. The minimum Gasteiger partial charge on any atom is -0.443 e. The quantitative estimate of drug-likeness (QED) is 0.651. The number of nitrogens with zero attached hydrogens (tertiary/aromatic N) is 4. The van der Waals surface area contributed by atoms with Gasteiger partial charge >= 0.3 is 6.09 Å². The van der Waals surface area contributed by atoms with Crippen molar-refractivity contribution < 1.29 is 9.53 Å². The third kappa shape index (κ3) is 4.94. The zero-order valence-corrected chi connectivity index (χ0v) is 16.6. The van der Waals surface area contributed by atoms with E-state index in [-0.39, 0.29) is 6.04 Å². The molecule has 0 atom stereocenters. The Labute approximate surface area is 152 Å². The van der Waals surface area contributed by atoms with Crippen molar-refractivity contribution in [3.05, 3.63) is 12.3 Å². The highest BCUT2D eigenvalue weighted by molar-refractivity contribution is 7.98. The van der Waals surface area contributed by atoms with Crippen molar-refractivity contribution in [2.24, 2.45) is 0 Å². The highest BCUT2D eigenvalue weighted by Crippen LogP contribution is 2.27. The molecule has 8 heteroatoms. The van der Waals surface area contributed by atoms with Crippen molar-refractivity contribution >= 4 is 40.4 Å². The first-order chi connectivity index (χ1) is 11.6. The Morgan fingerprint density at radius 3 is 2.56 bits per heavy atom. The van der Waals surface area contributed by atoms with Crippen molar-refractivity contribution in [2.45, 2.75) is 51.4 Å². The topological polar surface area (TPSA) is 80.2 Å². The Bertz CT molecular complexity index is 773. The fourth-order valence-electron chi connectivity index (χ4n) is 2.08. The molecular formula is C17H25N5O2S. The van der Waals surface area contributed by atoms with Gasteiger partial charge in [-0.2, -0.15) is 0 Å². The number of carbonyl (C=O) groups is 1. The van der Waals surface area contributed by atoms with E-state index in [9.17, 15) is 4.79 Å². The fourth-order valence-corrected chi connectivity index (χ4v) is 2.42. The summed E-state index contributed by atoms with van der Waals surface area (Å²) in [4.78, 5) is 27.2. The number of rotatable bonds is 4. The zero-order chi connectivity index (χ0) is 18.8. The number of ether oxygens (including phenoxy) is 1. The Hall–Kier alpha value is -2.09. The summed E-state index contributed by atoms with van der Waals surface area (Å²) in [6.45, 7) is 9.53. The first-order valence-electron chi connectivity index (χ1n) is 8.05. The summed E-state index contributed by atoms with van der Waals surface area (Å²) in [5.41, 5.74) is 0.159. The second-order valence-corrected chi connectivity index (χ2v) is 7.74. The molecule has 0 fully saturated rings. The monoisotopic (exact) mass is 363 g/mol. The number of aromatic nitrogens is 3. The molecule has 0 radical (unpaired) electrons. The predicted molar refractivity (Wildman–Crippen MR) is 103 cm³/mol. The van der Waals surface area contributed by atoms with E-state index in [1.54, 1.807) is 19.3 Å². The highest BCUT2D eigenvalue weighted by Gasteiger charge is 2.22. The number of amides is 1. The largest absolute Gasteiger partial charge is 0.443 e. The van der Waals surface area contributed by atoms with E-state index in [0.717, 1.165) is 10.9 Å². The molecule has 0 saturated carbocycles. The number of anilines is 2. The van der Waals surface area contributed by atoms with Crippen LogP contribution in [0, 0.1) is 0 Å². The molecule has 0 aromatic carbocycles. The van der Waals surface area contributed by atoms with Gasteiger partial charge in [-0.05, 0) is 46.9 Å². The van der Waals surface area contributed by atoms with Gasteiger partial charge in [0.25, 0.3) is 0 Å². The smallest absolute Gasteiger partial charge is 0.415 e. The van der Waals surface area contributed by atoms with Crippen LogP contribution >= 0.6 is 11.8 Å². The maximum atomic E-state index is 12.3. The lowest BCUT2D eigenvalue weighted by atomic mass is 10.2. The van der Waals surface area contributed by atoms with Crippen LogP contribution in [0.2, 0.25) is 0 Å². The fraction of sp³-hybridized carbons (Fsp3) is 0.529. The molecule has 2 aromatic heterocycles. The summed E-state index contributed by atoms with van der Waals surface area (Å²) < 4.78 is 5.42. The van der Waals surface area contributed by atoms with Gasteiger partial charge in [0.15, 0.2) is 11.0 Å². The Morgan fingerprint density at radius 2 is 2.00 bits per heavy atom. The number of pyridine rings is 1. The van der Waals surface area contributed by atoms with Crippen LogP contribution < -0.4 is 10.2 Å². The number of carbonyl (C=O) groups excluding carboxylic acids is 1. The molecule has 2 rings (SSSR count).